The van der Waals surface area contributed by atoms with Crippen LogP contribution in [0.3, 0.4) is 0 Å². The minimum Gasteiger partial charge on any atom is -0.492 e. The Morgan fingerprint density at radius 1 is 1.43 bits per heavy atom. The molecule has 1 aromatic carbocycles. The van der Waals surface area contributed by atoms with Crippen LogP contribution < -0.4 is 10.1 Å². The van der Waals surface area contributed by atoms with E-state index in [-0.39, 0.29) is 5.91 Å². The number of carbonyl (C=O) groups is 1. The lowest BCUT2D eigenvalue weighted by Gasteiger charge is -2.06. The van der Waals surface area contributed by atoms with E-state index in [0.29, 0.717) is 18.2 Å². The first-order valence-electron chi connectivity index (χ1n) is 6.46. The van der Waals surface area contributed by atoms with Crippen LogP contribution in [-0.4, -0.2) is 28.8 Å². The van der Waals surface area contributed by atoms with E-state index in [1.54, 1.807) is 41.2 Å². The second-order valence-electron chi connectivity index (χ2n) is 4.37. The van der Waals surface area contributed by atoms with E-state index in [0.717, 1.165) is 11.3 Å². The molecule has 6 heteroatoms. The normalized spacial score (nSPS) is 10.8. The molecule has 0 saturated heterocycles. The number of halogens is 1. The standard InChI is InChI=1S/C15H16ClN3O2/c1-19-11-12(10-18-19)2-7-15(20)17-8-9-21-14-5-3-13(16)4-6-14/h2-7,10-11H,8-9H2,1H3,(H,17,20)/b7-2-. The zero-order valence-corrected chi connectivity index (χ0v) is 12.4. The number of ether oxygens (including phenoxy) is 1. The van der Waals surface area contributed by atoms with Gasteiger partial charge in [0.05, 0.1) is 12.7 Å². The zero-order chi connectivity index (χ0) is 15.1. The number of amides is 1. The summed E-state index contributed by atoms with van der Waals surface area (Å²) < 4.78 is 7.14. The van der Waals surface area contributed by atoms with E-state index in [9.17, 15) is 4.79 Å². The van der Waals surface area contributed by atoms with Crippen LogP contribution in [-0.2, 0) is 11.8 Å². The Balaban J connectivity index is 1.67. The summed E-state index contributed by atoms with van der Waals surface area (Å²) in [6, 6.07) is 7.08. The summed E-state index contributed by atoms with van der Waals surface area (Å²) in [5.74, 6) is 0.554. The largest absolute Gasteiger partial charge is 0.492 e. The highest BCUT2D eigenvalue weighted by atomic mass is 35.5. The Morgan fingerprint density at radius 3 is 2.86 bits per heavy atom. The van der Waals surface area contributed by atoms with E-state index in [1.807, 2.05) is 13.2 Å². The maximum absolute atomic E-state index is 11.6. The van der Waals surface area contributed by atoms with Gasteiger partial charge in [0.15, 0.2) is 0 Å². The van der Waals surface area contributed by atoms with Gasteiger partial charge in [0.2, 0.25) is 5.91 Å². The lowest BCUT2D eigenvalue weighted by Crippen LogP contribution is -2.26. The zero-order valence-electron chi connectivity index (χ0n) is 11.6. The molecule has 1 heterocycles. The number of hydrogen-bond donors (Lipinski definition) is 1. The molecule has 0 bridgehead atoms. The van der Waals surface area contributed by atoms with Gasteiger partial charge in [-0.25, -0.2) is 0 Å². The van der Waals surface area contributed by atoms with Crippen LogP contribution in [0.5, 0.6) is 5.75 Å². The molecule has 5 nitrogen and oxygen atoms in total. The summed E-state index contributed by atoms with van der Waals surface area (Å²) >= 11 is 5.78. The van der Waals surface area contributed by atoms with Crippen molar-refractivity contribution in [3.63, 3.8) is 0 Å². The van der Waals surface area contributed by atoms with Crippen molar-refractivity contribution in [1.29, 1.82) is 0 Å². The molecule has 0 unspecified atom stereocenters. The molecule has 1 amide bonds. The molecule has 0 atom stereocenters. The Labute approximate surface area is 128 Å². The van der Waals surface area contributed by atoms with Crippen molar-refractivity contribution in [2.75, 3.05) is 13.2 Å². The third-order valence-electron chi connectivity index (χ3n) is 2.64. The maximum Gasteiger partial charge on any atom is 0.244 e. The molecule has 0 saturated carbocycles. The van der Waals surface area contributed by atoms with Crippen LogP contribution in [0.15, 0.2) is 42.7 Å². The van der Waals surface area contributed by atoms with Gasteiger partial charge in [-0.1, -0.05) is 11.6 Å². The Hall–Kier alpha value is -2.27. The van der Waals surface area contributed by atoms with Crippen LogP contribution in [0, 0.1) is 0 Å². The average Bonchev–Trinajstić information content (AvgIpc) is 2.89. The molecule has 0 aliphatic carbocycles. The molecule has 2 rings (SSSR count). The first kappa shape index (κ1) is 15.1. The SMILES string of the molecule is Cn1cc(/C=C\C(=O)NCCOc2ccc(Cl)cc2)cn1. The third kappa shape index (κ3) is 5.31. The number of carbonyl (C=O) groups excluding carboxylic acids is 1. The van der Waals surface area contributed by atoms with Gasteiger partial charge in [-0.2, -0.15) is 5.10 Å². The van der Waals surface area contributed by atoms with Crippen molar-refractivity contribution in [3.8, 4) is 5.75 Å². The summed E-state index contributed by atoms with van der Waals surface area (Å²) in [6.07, 6.45) is 6.70. The lowest BCUT2D eigenvalue weighted by atomic mass is 10.3. The van der Waals surface area contributed by atoms with Crippen molar-refractivity contribution >= 4 is 23.6 Å². The van der Waals surface area contributed by atoms with Crippen molar-refractivity contribution in [3.05, 3.63) is 53.3 Å². The Morgan fingerprint density at radius 2 is 2.19 bits per heavy atom. The Bertz CT molecular complexity index is 620. The molecular weight excluding hydrogens is 290 g/mol. The fraction of sp³-hybridized carbons (Fsp3) is 0.200. The number of nitrogens with zero attached hydrogens (tertiary/aromatic N) is 2. The van der Waals surface area contributed by atoms with E-state index < -0.39 is 0 Å². The molecule has 21 heavy (non-hydrogen) atoms. The number of benzene rings is 1. The van der Waals surface area contributed by atoms with Gasteiger partial charge in [-0.15, -0.1) is 0 Å². The number of aryl methyl sites for hydroxylation is 1. The molecular formula is C15H16ClN3O2. The van der Waals surface area contributed by atoms with Gasteiger partial charge < -0.3 is 10.1 Å². The molecule has 0 spiro atoms. The fourth-order valence-electron chi connectivity index (χ4n) is 1.63. The minimum atomic E-state index is -0.168. The predicted molar refractivity (Wildman–Crippen MR) is 82.2 cm³/mol. The molecule has 0 radical (unpaired) electrons. The topological polar surface area (TPSA) is 56.2 Å². The van der Waals surface area contributed by atoms with Gasteiger partial charge >= 0.3 is 0 Å². The minimum absolute atomic E-state index is 0.168. The maximum atomic E-state index is 11.6. The smallest absolute Gasteiger partial charge is 0.244 e. The predicted octanol–water partition coefficient (Wildman–Crippen LogP) is 2.28. The highest BCUT2D eigenvalue weighted by molar-refractivity contribution is 6.30. The van der Waals surface area contributed by atoms with E-state index in [4.69, 9.17) is 16.3 Å². The number of aromatic nitrogens is 2. The quantitative estimate of drug-likeness (QED) is 0.658. The van der Waals surface area contributed by atoms with Crippen LogP contribution in [0.1, 0.15) is 5.56 Å². The second kappa shape index (κ2) is 7.50. The fourth-order valence-corrected chi connectivity index (χ4v) is 1.76. The van der Waals surface area contributed by atoms with Gasteiger partial charge in [-0.05, 0) is 30.3 Å². The van der Waals surface area contributed by atoms with Crippen LogP contribution in [0.2, 0.25) is 5.02 Å². The van der Waals surface area contributed by atoms with Crippen molar-refractivity contribution in [1.82, 2.24) is 15.1 Å². The third-order valence-corrected chi connectivity index (χ3v) is 2.89. The summed E-state index contributed by atoms with van der Waals surface area (Å²) in [6.45, 7) is 0.826. The van der Waals surface area contributed by atoms with E-state index in [2.05, 4.69) is 10.4 Å². The van der Waals surface area contributed by atoms with E-state index in [1.165, 1.54) is 6.08 Å². The highest BCUT2D eigenvalue weighted by Gasteiger charge is 1.97. The van der Waals surface area contributed by atoms with Gasteiger partial charge in [0.25, 0.3) is 0 Å². The summed E-state index contributed by atoms with van der Waals surface area (Å²) in [4.78, 5) is 11.6. The molecule has 2 aromatic rings. The second-order valence-corrected chi connectivity index (χ2v) is 4.81. The van der Waals surface area contributed by atoms with Gasteiger partial charge in [-0.3, -0.25) is 9.48 Å². The Kier molecular flexibility index (Phi) is 5.40. The van der Waals surface area contributed by atoms with Gasteiger partial charge in [0, 0.05) is 29.9 Å². The van der Waals surface area contributed by atoms with E-state index >= 15 is 0 Å². The van der Waals surface area contributed by atoms with Crippen LogP contribution in [0.25, 0.3) is 6.08 Å². The molecule has 1 N–H and O–H groups in total. The number of nitrogens with one attached hydrogen (secondary N) is 1. The highest BCUT2D eigenvalue weighted by Crippen LogP contribution is 2.15. The van der Waals surface area contributed by atoms with Gasteiger partial charge in [0.1, 0.15) is 12.4 Å². The molecule has 0 aliphatic heterocycles. The molecule has 0 fully saturated rings. The summed E-state index contributed by atoms with van der Waals surface area (Å²) in [5, 5.41) is 7.41. The van der Waals surface area contributed by atoms with Crippen molar-refractivity contribution in [2.45, 2.75) is 0 Å². The number of rotatable bonds is 6. The molecule has 1 aromatic heterocycles. The van der Waals surface area contributed by atoms with Crippen molar-refractivity contribution < 1.29 is 9.53 Å². The first-order valence-corrected chi connectivity index (χ1v) is 6.84. The van der Waals surface area contributed by atoms with Crippen LogP contribution >= 0.6 is 11.6 Å². The summed E-state index contributed by atoms with van der Waals surface area (Å²) in [5.41, 5.74) is 0.880. The summed E-state index contributed by atoms with van der Waals surface area (Å²) in [7, 11) is 1.82. The van der Waals surface area contributed by atoms with Crippen LogP contribution in [0.4, 0.5) is 0 Å². The lowest BCUT2D eigenvalue weighted by molar-refractivity contribution is -0.116. The monoisotopic (exact) mass is 305 g/mol. The van der Waals surface area contributed by atoms with Crippen molar-refractivity contribution in [2.24, 2.45) is 7.05 Å². The molecule has 110 valence electrons. The molecule has 0 aliphatic rings. The first-order chi connectivity index (χ1) is 10.1. The average molecular weight is 306 g/mol. The number of hydrogen-bond acceptors (Lipinski definition) is 3.